The fourth-order valence-corrected chi connectivity index (χ4v) is 3.14. The minimum Gasteiger partial charge on any atom is -0.451 e. The monoisotopic (exact) mass is 297 g/mol. The zero-order valence-corrected chi connectivity index (χ0v) is 13.6. The van der Waals surface area contributed by atoms with Gasteiger partial charge in [0.2, 0.25) is 0 Å². The van der Waals surface area contributed by atoms with Gasteiger partial charge in [0.15, 0.2) is 5.76 Å². The molecule has 1 amide bonds. The van der Waals surface area contributed by atoms with E-state index in [0.717, 1.165) is 35.8 Å². The third-order valence-electron chi connectivity index (χ3n) is 4.46. The van der Waals surface area contributed by atoms with Gasteiger partial charge in [0.25, 0.3) is 5.91 Å². The summed E-state index contributed by atoms with van der Waals surface area (Å²) in [5.74, 6) is 0.503. The molecule has 1 aliphatic heterocycles. The minimum absolute atomic E-state index is 0.0115. The van der Waals surface area contributed by atoms with Crippen molar-refractivity contribution in [2.75, 3.05) is 6.54 Å². The number of unbranched alkanes of at least 4 members (excludes halogenated alkanes) is 1. The van der Waals surface area contributed by atoms with Gasteiger partial charge in [-0.05, 0) is 32.4 Å². The maximum atomic E-state index is 12.9. The van der Waals surface area contributed by atoms with E-state index in [0.29, 0.717) is 12.3 Å². The van der Waals surface area contributed by atoms with E-state index >= 15 is 0 Å². The van der Waals surface area contributed by atoms with Crippen LogP contribution in [0.3, 0.4) is 0 Å². The predicted octanol–water partition coefficient (Wildman–Crippen LogP) is 4.62. The lowest BCUT2D eigenvalue weighted by Crippen LogP contribution is -2.36. The largest absolute Gasteiger partial charge is 0.451 e. The molecule has 3 heteroatoms. The molecule has 2 aromatic rings. The first-order valence-corrected chi connectivity index (χ1v) is 8.09. The molecule has 0 saturated carbocycles. The molecule has 0 radical (unpaired) electrons. The Morgan fingerprint density at radius 1 is 1.36 bits per heavy atom. The Morgan fingerprint density at radius 3 is 2.95 bits per heavy atom. The third-order valence-corrected chi connectivity index (χ3v) is 4.46. The molecule has 1 aromatic heterocycles. The fourth-order valence-electron chi connectivity index (χ4n) is 3.14. The zero-order chi connectivity index (χ0) is 15.7. The number of amides is 1. The number of furan rings is 1. The van der Waals surface area contributed by atoms with Crippen LogP contribution in [-0.2, 0) is 0 Å². The Labute approximate surface area is 131 Å². The van der Waals surface area contributed by atoms with Gasteiger partial charge < -0.3 is 9.32 Å². The summed E-state index contributed by atoms with van der Waals surface area (Å²) >= 11 is 0. The molecule has 1 aromatic carbocycles. The molecule has 0 aliphatic carbocycles. The Kier molecular flexibility index (Phi) is 4.06. The topological polar surface area (TPSA) is 33.5 Å². The van der Waals surface area contributed by atoms with Crippen LogP contribution >= 0.6 is 0 Å². The van der Waals surface area contributed by atoms with E-state index in [2.05, 4.69) is 32.1 Å². The van der Waals surface area contributed by atoms with Crippen molar-refractivity contribution < 1.29 is 9.21 Å². The average Bonchev–Trinajstić information content (AvgIpc) is 3.10. The minimum atomic E-state index is 0.0115. The summed E-state index contributed by atoms with van der Waals surface area (Å²) in [6.07, 6.45) is 7.54. The molecule has 0 bridgehead atoms. The highest BCUT2D eigenvalue weighted by Gasteiger charge is 2.29. The quantitative estimate of drug-likeness (QED) is 0.771. The Hall–Kier alpha value is -2.03. The Bertz CT molecular complexity index is 726. The molecule has 0 spiro atoms. The van der Waals surface area contributed by atoms with E-state index in [9.17, 15) is 4.79 Å². The highest BCUT2D eigenvalue weighted by Crippen LogP contribution is 2.29. The summed E-state index contributed by atoms with van der Waals surface area (Å²) in [6.45, 7) is 6.89. The van der Waals surface area contributed by atoms with Crippen LogP contribution < -0.4 is 0 Å². The molecular formula is C19H23NO2. The second kappa shape index (κ2) is 5.99. The molecule has 0 N–H and O–H groups in total. The van der Waals surface area contributed by atoms with Gasteiger partial charge in [-0.15, -0.1) is 0 Å². The molecule has 0 saturated heterocycles. The molecular weight excluding hydrogens is 274 g/mol. The van der Waals surface area contributed by atoms with Gasteiger partial charge in [0, 0.05) is 17.5 Å². The van der Waals surface area contributed by atoms with E-state index in [4.69, 9.17) is 4.42 Å². The van der Waals surface area contributed by atoms with Crippen molar-refractivity contribution in [3.05, 3.63) is 47.2 Å². The van der Waals surface area contributed by atoms with Crippen LogP contribution in [0, 0.1) is 13.8 Å². The lowest BCUT2D eigenvalue weighted by Gasteiger charge is -2.23. The second-order valence-electron chi connectivity index (χ2n) is 6.15. The van der Waals surface area contributed by atoms with Gasteiger partial charge >= 0.3 is 0 Å². The van der Waals surface area contributed by atoms with Crippen LogP contribution in [-0.4, -0.2) is 23.4 Å². The lowest BCUT2D eigenvalue weighted by molar-refractivity contribution is 0.0713. The van der Waals surface area contributed by atoms with E-state index in [1.165, 1.54) is 5.56 Å². The summed E-state index contributed by atoms with van der Waals surface area (Å²) in [7, 11) is 0. The molecule has 2 heterocycles. The first kappa shape index (κ1) is 14.9. The summed E-state index contributed by atoms with van der Waals surface area (Å²) in [5, 5.41) is 1.04. The van der Waals surface area contributed by atoms with Crippen molar-refractivity contribution in [3.8, 4) is 0 Å². The molecule has 3 nitrogen and oxygen atoms in total. The van der Waals surface area contributed by atoms with Crippen LogP contribution in [0.1, 0.15) is 47.9 Å². The molecule has 1 atom stereocenters. The van der Waals surface area contributed by atoms with E-state index in [1.807, 2.05) is 24.0 Å². The number of hydrogen-bond donors (Lipinski definition) is 0. The number of nitrogens with zero attached hydrogens (tertiary/aromatic N) is 1. The summed E-state index contributed by atoms with van der Waals surface area (Å²) in [5.41, 5.74) is 2.92. The number of benzene rings is 1. The number of aryl methyl sites for hydroxylation is 2. The third kappa shape index (κ3) is 2.56. The van der Waals surface area contributed by atoms with Crippen molar-refractivity contribution in [2.45, 2.75) is 46.1 Å². The van der Waals surface area contributed by atoms with Crippen molar-refractivity contribution >= 4 is 16.9 Å². The summed E-state index contributed by atoms with van der Waals surface area (Å²) in [6, 6.07) is 6.26. The SMILES string of the molecule is CCCCC1C=CCN1C(=O)c1oc2ccc(C)cc2c1C. The maximum Gasteiger partial charge on any atom is 0.290 e. The van der Waals surface area contributed by atoms with Gasteiger partial charge in [0.1, 0.15) is 5.58 Å². The van der Waals surface area contributed by atoms with E-state index < -0.39 is 0 Å². The van der Waals surface area contributed by atoms with Crippen molar-refractivity contribution in [1.82, 2.24) is 4.90 Å². The van der Waals surface area contributed by atoms with Crippen LogP contribution in [0.25, 0.3) is 11.0 Å². The van der Waals surface area contributed by atoms with Gasteiger partial charge in [0.05, 0.1) is 6.04 Å². The Morgan fingerprint density at radius 2 is 2.18 bits per heavy atom. The maximum absolute atomic E-state index is 12.9. The van der Waals surface area contributed by atoms with Gasteiger partial charge in [-0.1, -0.05) is 43.5 Å². The number of fused-ring (bicyclic) bond motifs is 1. The number of carbonyl (C=O) groups excluding carboxylic acids is 1. The van der Waals surface area contributed by atoms with E-state index in [1.54, 1.807) is 0 Å². The summed E-state index contributed by atoms with van der Waals surface area (Å²) < 4.78 is 5.86. The first-order valence-electron chi connectivity index (χ1n) is 8.09. The number of carbonyl (C=O) groups is 1. The smallest absolute Gasteiger partial charge is 0.290 e. The molecule has 116 valence electrons. The fraction of sp³-hybridized carbons (Fsp3) is 0.421. The highest BCUT2D eigenvalue weighted by atomic mass is 16.3. The van der Waals surface area contributed by atoms with Gasteiger partial charge in [-0.3, -0.25) is 4.79 Å². The van der Waals surface area contributed by atoms with Crippen LogP contribution in [0.2, 0.25) is 0 Å². The zero-order valence-electron chi connectivity index (χ0n) is 13.6. The van der Waals surface area contributed by atoms with Crippen LogP contribution in [0.15, 0.2) is 34.8 Å². The first-order chi connectivity index (χ1) is 10.6. The molecule has 22 heavy (non-hydrogen) atoms. The normalized spacial score (nSPS) is 17.6. The average molecular weight is 297 g/mol. The molecule has 1 aliphatic rings. The summed E-state index contributed by atoms with van der Waals surface area (Å²) in [4.78, 5) is 14.8. The van der Waals surface area contributed by atoms with Gasteiger partial charge in [-0.2, -0.15) is 0 Å². The Balaban J connectivity index is 1.90. The van der Waals surface area contributed by atoms with E-state index in [-0.39, 0.29) is 11.9 Å². The van der Waals surface area contributed by atoms with Crippen LogP contribution in [0.4, 0.5) is 0 Å². The van der Waals surface area contributed by atoms with Gasteiger partial charge in [-0.25, -0.2) is 0 Å². The number of hydrogen-bond acceptors (Lipinski definition) is 2. The molecule has 3 rings (SSSR count). The highest BCUT2D eigenvalue weighted by molar-refractivity contribution is 5.99. The lowest BCUT2D eigenvalue weighted by atomic mass is 10.1. The molecule has 0 fully saturated rings. The van der Waals surface area contributed by atoms with Crippen molar-refractivity contribution in [3.63, 3.8) is 0 Å². The molecule has 1 unspecified atom stereocenters. The standard InChI is InChI=1S/C19H23NO2/c1-4-5-7-15-8-6-11-20(15)19(21)18-14(3)16-12-13(2)9-10-17(16)22-18/h6,8-10,12,15H,4-5,7,11H2,1-3H3. The van der Waals surface area contributed by atoms with Crippen LogP contribution in [0.5, 0.6) is 0 Å². The number of rotatable bonds is 4. The van der Waals surface area contributed by atoms with Crippen molar-refractivity contribution in [1.29, 1.82) is 0 Å². The van der Waals surface area contributed by atoms with Crippen molar-refractivity contribution in [2.24, 2.45) is 0 Å². The predicted molar refractivity (Wildman–Crippen MR) is 89.2 cm³/mol. The second-order valence-corrected chi connectivity index (χ2v) is 6.15.